The van der Waals surface area contributed by atoms with Gasteiger partial charge >= 0.3 is 0 Å². The average molecular weight is 677 g/mol. The van der Waals surface area contributed by atoms with Gasteiger partial charge in [0, 0.05) is 37.1 Å². The van der Waals surface area contributed by atoms with Crippen molar-refractivity contribution in [1.29, 1.82) is 0 Å². The summed E-state index contributed by atoms with van der Waals surface area (Å²) in [5, 5.41) is 3.75. The van der Waals surface area contributed by atoms with Gasteiger partial charge in [0.1, 0.15) is 5.58 Å². The van der Waals surface area contributed by atoms with E-state index in [1.807, 2.05) is 80.0 Å². The summed E-state index contributed by atoms with van der Waals surface area (Å²) < 4.78 is 6.03. The van der Waals surface area contributed by atoms with Gasteiger partial charge in [0.05, 0.1) is 14.3 Å². The Balaban J connectivity index is 0.000000195. The number of benzene rings is 3. The summed E-state index contributed by atoms with van der Waals surface area (Å²) in [5.74, 6) is 0. The maximum Gasteiger partial charge on any atom is 0.151 e. The molecule has 0 saturated carbocycles. The van der Waals surface area contributed by atoms with Crippen LogP contribution in [-0.2, 0) is 20.1 Å². The molecular formula is C32H28IrN2OSi-2. The molecule has 0 aliphatic heterocycles. The van der Waals surface area contributed by atoms with Crippen LogP contribution in [0, 0.1) is 19.1 Å². The second kappa shape index (κ2) is 11.3. The van der Waals surface area contributed by atoms with E-state index in [2.05, 4.69) is 61.0 Å². The van der Waals surface area contributed by atoms with Gasteiger partial charge in [-0.25, -0.2) is 0 Å². The van der Waals surface area contributed by atoms with E-state index >= 15 is 0 Å². The van der Waals surface area contributed by atoms with E-state index in [4.69, 9.17) is 9.40 Å². The van der Waals surface area contributed by atoms with Crippen molar-refractivity contribution in [3.8, 4) is 22.5 Å². The zero-order valence-electron chi connectivity index (χ0n) is 21.4. The maximum absolute atomic E-state index is 6.03. The van der Waals surface area contributed by atoms with Crippen molar-refractivity contribution in [2.75, 3.05) is 0 Å². The first-order valence-corrected chi connectivity index (χ1v) is 15.6. The number of fused-ring (bicyclic) bond motifs is 3. The van der Waals surface area contributed by atoms with Crippen LogP contribution in [0.3, 0.4) is 0 Å². The summed E-state index contributed by atoms with van der Waals surface area (Å²) in [6.07, 6.45) is 3.73. The van der Waals surface area contributed by atoms with Crippen molar-refractivity contribution in [3.63, 3.8) is 0 Å². The fraction of sp³-hybridized carbons (Fsp3) is 0.125. The largest absolute Gasteiger partial charge is 0.455 e. The maximum atomic E-state index is 6.03. The van der Waals surface area contributed by atoms with Crippen molar-refractivity contribution < 1.29 is 24.5 Å². The predicted molar refractivity (Wildman–Crippen MR) is 152 cm³/mol. The number of hydrogen-bond donors (Lipinski definition) is 0. The summed E-state index contributed by atoms with van der Waals surface area (Å²) >= 11 is 0. The van der Waals surface area contributed by atoms with E-state index in [9.17, 15) is 0 Å². The molecule has 0 bridgehead atoms. The molecule has 0 amide bonds. The third-order valence-electron chi connectivity index (χ3n) is 6.03. The molecule has 3 aromatic carbocycles. The Morgan fingerprint density at radius 1 is 0.703 bits per heavy atom. The zero-order valence-corrected chi connectivity index (χ0v) is 24.8. The van der Waals surface area contributed by atoms with E-state index in [-0.39, 0.29) is 20.1 Å². The first-order chi connectivity index (χ1) is 17.4. The first kappa shape index (κ1) is 26.7. The number of furan rings is 1. The normalized spacial score (nSPS) is 11.0. The molecule has 0 spiro atoms. The number of rotatable bonds is 3. The van der Waals surface area contributed by atoms with E-state index < -0.39 is 8.07 Å². The third-order valence-corrected chi connectivity index (χ3v) is 8.02. The Bertz CT molecular complexity index is 1610. The number of aromatic nitrogens is 2. The molecule has 0 atom stereocenters. The Labute approximate surface area is 233 Å². The van der Waals surface area contributed by atoms with Gasteiger partial charge in [-0.3, -0.25) is 0 Å². The molecule has 5 heteroatoms. The molecule has 0 N–H and O–H groups in total. The number of nitrogens with zero attached hydrogens (tertiary/aromatic N) is 2. The van der Waals surface area contributed by atoms with Crippen LogP contribution in [0.5, 0.6) is 0 Å². The van der Waals surface area contributed by atoms with Crippen LogP contribution in [-0.4, -0.2) is 18.0 Å². The van der Waals surface area contributed by atoms with Gasteiger partial charge in [-0.15, -0.1) is 71.8 Å². The van der Waals surface area contributed by atoms with Crippen molar-refractivity contribution in [1.82, 2.24) is 9.97 Å². The Morgan fingerprint density at radius 2 is 1.38 bits per heavy atom. The molecule has 0 aliphatic carbocycles. The SMILES string of the molecule is C[Si](C)(C)c1c(-c2[c-]cccc2)ncc2oc3ccccc3c12.Cc1ccc(-c2[c-]cccc2)nc1.[Ir]. The molecule has 1 radical (unpaired) electrons. The quantitative estimate of drug-likeness (QED) is 0.142. The van der Waals surface area contributed by atoms with Crippen LogP contribution < -0.4 is 5.19 Å². The summed E-state index contributed by atoms with van der Waals surface area (Å²) in [5.41, 5.74) is 7.11. The molecule has 3 nitrogen and oxygen atoms in total. The molecule has 6 aromatic rings. The Kier molecular flexibility index (Phi) is 8.18. The molecule has 0 fully saturated rings. The van der Waals surface area contributed by atoms with Crippen LogP contribution in [0.25, 0.3) is 44.5 Å². The molecule has 37 heavy (non-hydrogen) atoms. The topological polar surface area (TPSA) is 38.9 Å². The van der Waals surface area contributed by atoms with E-state index in [1.54, 1.807) is 0 Å². The van der Waals surface area contributed by atoms with Crippen LogP contribution in [0.15, 0.2) is 102 Å². The van der Waals surface area contributed by atoms with Crippen LogP contribution in [0.1, 0.15) is 5.56 Å². The van der Waals surface area contributed by atoms with Gasteiger partial charge in [-0.2, -0.15) is 0 Å². The molecule has 0 saturated heterocycles. The summed E-state index contributed by atoms with van der Waals surface area (Å²) in [6.45, 7) is 9.11. The summed E-state index contributed by atoms with van der Waals surface area (Å²) in [7, 11) is -1.65. The second-order valence-corrected chi connectivity index (χ2v) is 14.8. The van der Waals surface area contributed by atoms with Crippen LogP contribution in [0.4, 0.5) is 0 Å². The number of hydrogen-bond acceptors (Lipinski definition) is 3. The molecule has 187 valence electrons. The smallest absolute Gasteiger partial charge is 0.151 e. The van der Waals surface area contributed by atoms with Gasteiger partial charge in [0.15, 0.2) is 5.58 Å². The fourth-order valence-corrected chi connectivity index (χ4v) is 6.29. The molecule has 6 rings (SSSR count). The van der Waals surface area contributed by atoms with Gasteiger partial charge in [-0.1, -0.05) is 55.2 Å². The molecular weight excluding hydrogens is 649 g/mol. The minimum atomic E-state index is -1.65. The minimum Gasteiger partial charge on any atom is -0.455 e. The van der Waals surface area contributed by atoms with Gasteiger partial charge in [0.25, 0.3) is 0 Å². The van der Waals surface area contributed by atoms with Crippen molar-refractivity contribution >= 4 is 35.2 Å². The molecule has 0 unspecified atom stereocenters. The summed E-state index contributed by atoms with van der Waals surface area (Å²) in [4.78, 5) is 9.07. The average Bonchev–Trinajstić information content (AvgIpc) is 3.28. The van der Waals surface area contributed by atoms with Gasteiger partial charge < -0.3 is 14.4 Å². The first-order valence-electron chi connectivity index (χ1n) is 12.1. The van der Waals surface area contributed by atoms with E-state index in [0.29, 0.717) is 0 Å². The van der Waals surface area contributed by atoms with Gasteiger partial charge in [-0.05, 0) is 29.9 Å². The van der Waals surface area contributed by atoms with Crippen molar-refractivity contribution in [3.05, 3.63) is 115 Å². The van der Waals surface area contributed by atoms with Crippen molar-refractivity contribution in [2.45, 2.75) is 26.6 Å². The van der Waals surface area contributed by atoms with Crippen LogP contribution in [0.2, 0.25) is 19.6 Å². The Morgan fingerprint density at radius 3 is 2.00 bits per heavy atom. The number of para-hydroxylation sites is 1. The van der Waals surface area contributed by atoms with E-state index in [1.165, 1.54) is 21.5 Å². The minimum absolute atomic E-state index is 0. The molecule has 3 heterocycles. The third kappa shape index (κ3) is 5.80. The number of aryl methyl sites for hydroxylation is 1. The monoisotopic (exact) mass is 677 g/mol. The Hall–Kier alpha value is -3.37. The van der Waals surface area contributed by atoms with Crippen molar-refractivity contribution in [2.24, 2.45) is 0 Å². The van der Waals surface area contributed by atoms with Crippen LogP contribution >= 0.6 is 0 Å². The second-order valence-electron chi connectivity index (χ2n) is 9.84. The standard InChI is InChI=1S/C20H18NOSi.C12H10N.Ir/c1-23(2,3)20-18-15-11-7-8-12-16(15)22-17(18)13-21-19(20)14-9-5-4-6-10-14;1-10-7-8-12(13-9-10)11-5-3-2-4-6-11;/h4-9,11-13H,1-3H3;2-5,7-9H,1H3;/q2*-1;. The molecule has 3 aromatic heterocycles. The zero-order chi connectivity index (χ0) is 25.1. The predicted octanol–water partition coefficient (Wildman–Crippen LogP) is 7.85. The van der Waals surface area contributed by atoms with E-state index in [0.717, 1.165) is 33.7 Å². The molecule has 0 aliphatic rings. The fourth-order valence-electron chi connectivity index (χ4n) is 4.37. The number of pyridine rings is 2. The van der Waals surface area contributed by atoms with Gasteiger partial charge in [0.2, 0.25) is 0 Å². The summed E-state index contributed by atoms with van der Waals surface area (Å²) in [6, 6.07) is 34.7.